The third-order valence-corrected chi connectivity index (χ3v) is 1.81. The van der Waals surface area contributed by atoms with E-state index in [1.807, 2.05) is 0 Å². The van der Waals surface area contributed by atoms with E-state index in [1.165, 1.54) is 0 Å². The predicted octanol–water partition coefficient (Wildman–Crippen LogP) is 2.64. The van der Waals surface area contributed by atoms with E-state index in [2.05, 4.69) is 4.98 Å². The normalized spacial score (nSPS) is 12.2. The number of aromatic nitrogens is 1. The molecule has 16 heavy (non-hydrogen) atoms. The van der Waals surface area contributed by atoms with Crippen molar-refractivity contribution in [1.82, 2.24) is 4.98 Å². The third-order valence-electron chi connectivity index (χ3n) is 1.81. The molecular formula is C8H6F6N2. The van der Waals surface area contributed by atoms with E-state index in [4.69, 9.17) is 5.73 Å². The molecule has 1 aromatic rings. The van der Waals surface area contributed by atoms with Gasteiger partial charge < -0.3 is 5.73 Å². The lowest BCUT2D eigenvalue weighted by Crippen LogP contribution is -2.16. The van der Waals surface area contributed by atoms with Gasteiger partial charge in [0, 0.05) is 6.54 Å². The smallest absolute Gasteiger partial charge is 0.326 e. The molecule has 2 N–H and O–H groups in total. The minimum absolute atomic E-state index is 0.385. The summed E-state index contributed by atoms with van der Waals surface area (Å²) in [6.45, 7) is -0.651. The summed E-state index contributed by atoms with van der Waals surface area (Å²) >= 11 is 0. The molecule has 0 aliphatic heterocycles. The molecule has 0 saturated heterocycles. The molecule has 0 unspecified atom stereocenters. The largest absolute Gasteiger partial charge is 0.433 e. The standard InChI is InChI=1S/C8H6F6N2/c9-6(10)4-1-3(2-15)5(8(12,13)14)16-7(4)11/h1,6H,2,15H2. The zero-order valence-electron chi connectivity index (χ0n) is 7.65. The molecule has 0 aromatic carbocycles. The molecule has 90 valence electrons. The van der Waals surface area contributed by atoms with Crippen LogP contribution in [0.25, 0.3) is 0 Å². The number of nitrogens with zero attached hydrogens (tertiary/aromatic N) is 1. The Kier molecular flexibility index (Phi) is 3.41. The summed E-state index contributed by atoms with van der Waals surface area (Å²) in [5.74, 6) is -1.83. The molecule has 0 radical (unpaired) electrons. The van der Waals surface area contributed by atoms with Crippen molar-refractivity contribution in [3.8, 4) is 0 Å². The summed E-state index contributed by atoms with van der Waals surface area (Å²) in [6.07, 6.45) is -8.16. The van der Waals surface area contributed by atoms with Crippen molar-refractivity contribution in [1.29, 1.82) is 0 Å². The van der Waals surface area contributed by atoms with E-state index in [0.717, 1.165) is 0 Å². The molecule has 2 nitrogen and oxygen atoms in total. The van der Waals surface area contributed by atoms with Gasteiger partial charge in [-0.05, 0) is 11.6 Å². The number of nitrogens with two attached hydrogens (primary N) is 1. The average Bonchev–Trinajstić information content (AvgIpc) is 2.15. The third kappa shape index (κ3) is 2.43. The van der Waals surface area contributed by atoms with Gasteiger partial charge in [0.1, 0.15) is 0 Å². The maximum atomic E-state index is 12.8. The molecule has 1 aromatic heterocycles. The van der Waals surface area contributed by atoms with Gasteiger partial charge in [0.2, 0.25) is 5.95 Å². The first-order chi connectivity index (χ1) is 7.27. The Morgan fingerprint density at radius 3 is 2.25 bits per heavy atom. The second-order valence-corrected chi connectivity index (χ2v) is 2.88. The second kappa shape index (κ2) is 4.28. The van der Waals surface area contributed by atoms with Crippen LogP contribution in [0.3, 0.4) is 0 Å². The van der Waals surface area contributed by atoms with E-state index < -0.39 is 41.9 Å². The first-order valence-corrected chi connectivity index (χ1v) is 4.02. The van der Waals surface area contributed by atoms with Crippen molar-refractivity contribution < 1.29 is 26.3 Å². The van der Waals surface area contributed by atoms with Crippen molar-refractivity contribution in [3.63, 3.8) is 0 Å². The Hall–Kier alpha value is -1.31. The van der Waals surface area contributed by atoms with Crippen LogP contribution in [0, 0.1) is 5.95 Å². The Morgan fingerprint density at radius 2 is 1.88 bits per heavy atom. The van der Waals surface area contributed by atoms with Gasteiger partial charge in [-0.15, -0.1) is 0 Å². The van der Waals surface area contributed by atoms with Gasteiger partial charge in [-0.1, -0.05) is 0 Å². The molecule has 1 heterocycles. The van der Waals surface area contributed by atoms with Crippen LogP contribution in [0.5, 0.6) is 0 Å². The molecule has 1 rings (SSSR count). The highest BCUT2D eigenvalue weighted by Gasteiger charge is 2.36. The second-order valence-electron chi connectivity index (χ2n) is 2.88. The van der Waals surface area contributed by atoms with E-state index in [0.29, 0.717) is 6.07 Å². The summed E-state index contributed by atoms with van der Waals surface area (Å²) in [5.41, 5.74) is 1.54. The molecule has 0 saturated carbocycles. The van der Waals surface area contributed by atoms with Crippen LogP contribution < -0.4 is 5.73 Å². The summed E-state index contributed by atoms with van der Waals surface area (Å²) in [5, 5.41) is 0. The lowest BCUT2D eigenvalue weighted by molar-refractivity contribution is -0.142. The number of hydrogen-bond donors (Lipinski definition) is 1. The number of hydrogen-bond acceptors (Lipinski definition) is 2. The molecular weight excluding hydrogens is 238 g/mol. The average molecular weight is 244 g/mol. The highest BCUT2D eigenvalue weighted by atomic mass is 19.4. The zero-order valence-corrected chi connectivity index (χ0v) is 7.65. The Morgan fingerprint density at radius 1 is 1.31 bits per heavy atom. The number of rotatable bonds is 2. The van der Waals surface area contributed by atoms with Crippen molar-refractivity contribution >= 4 is 0 Å². The van der Waals surface area contributed by atoms with Crippen LogP contribution >= 0.6 is 0 Å². The summed E-state index contributed by atoms with van der Waals surface area (Å²) in [6, 6.07) is 0.385. The molecule has 0 atom stereocenters. The molecule has 0 spiro atoms. The minimum Gasteiger partial charge on any atom is -0.326 e. The van der Waals surface area contributed by atoms with Gasteiger partial charge in [-0.3, -0.25) is 0 Å². The molecule has 0 aliphatic rings. The molecule has 0 bridgehead atoms. The van der Waals surface area contributed by atoms with Crippen molar-refractivity contribution in [3.05, 3.63) is 28.8 Å². The lowest BCUT2D eigenvalue weighted by atomic mass is 10.1. The van der Waals surface area contributed by atoms with E-state index in [-0.39, 0.29) is 0 Å². The van der Waals surface area contributed by atoms with Crippen LogP contribution in [0.1, 0.15) is 23.2 Å². The maximum absolute atomic E-state index is 12.8. The summed E-state index contributed by atoms with van der Waals surface area (Å²) in [4.78, 5) is 2.48. The highest BCUT2D eigenvalue weighted by molar-refractivity contribution is 5.28. The topological polar surface area (TPSA) is 38.9 Å². The Balaban J connectivity index is 3.38. The van der Waals surface area contributed by atoms with Crippen molar-refractivity contribution in [2.75, 3.05) is 0 Å². The van der Waals surface area contributed by atoms with Gasteiger partial charge >= 0.3 is 6.18 Å². The van der Waals surface area contributed by atoms with Crippen LogP contribution in [0.4, 0.5) is 26.3 Å². The van der Waals surface area contributed by atoms with Gasteiger partial charge in [-0.25, -0.2) is 13.8 Å². The molecule has 0 amide bonds. The van der Waals surface area contributed by atoms with E-state index >= 15 is 0 Å². The van der Waals surface area contributed by atoms with Crippen molar-refractivity contribution in [2.24, 2.45) is 5.73 Å². The lowest BCUT2D eigenvalue weighted by Gasteiger charge is -2.12. The molecule has 8 heteroatoms. The highest BCUT2D eigenvalue weighted by Crippen LogP contribution is 2.33. The first-order valence-electron chi connectivity index (χ1n) is 4.02. The van der Waals surface area contributed by atoms with Gasteiger partial charge in [0.25, 0.3) is 6.43 Å². The van der Waals surface area contributed by atoms with Gasteiger partial charge in [0.05, 0.1) is 5.56 Å². The van der Waals surface area contributed by atoms with Crippen molar-refractivity contribution in [2.45, 2.75) is 19.1 Å². The Labute approximate surface area is 86.1 Å². The molecule has 0 fully saturated rings. The predicted molar refractivity (Wildman–Crippen MR) is 42.0 cm³/mol. The summed E-state index contributed by atoms with van der Waals surface area (Å²) < 4.78 is 74.0. The fourth-order valence-electron chi connectivity index (χ4n) is 1.10. The number of pyridine rings is 1. The zero-order chi connectivity index (χ0) is 12.5. The summed E-state index contributed by atoms with van der Waals surface area (Å²) in [7, 11) is 0. The monoisotopic (exact) mass is 244 g/mol. The minimum atomic E-state index is -4.92. The fraction of sp³-hybridized carbons (Fsp3) is 0.375. The Bertz CT molecular complexity index is 387. The van der Waals surface area contributed by atoms with E-state index in [9.17, 15) is 26.3 Å². The van der Waals surface area contributed by atoms with Crippen LogP contribution in [0.2, 0.25) is 0 Å². The SMILES string of the molecule is NCc1cc(C(F)F)c(F)nc1C(F)(F)F. The number of alkyl halides is 5. The van der Waals surface area contributed by atoms with E-state index in [1.54, 1.807) is 0 Å². The van der Waals surface area contributed by atoms with Crippen LogP contribution in [-0.4, -0.2) is 4.98 Å². The molecule has 0 aliphatic carbocycles. The first kappa shape index (κ1) is 12.8. The quantitative estimate of drug-likeness (QED) is 0.641. The maximum Gasteiger partial charge on any atom is 0.433 e. The van der Waals surface area contributed by atoms with Crippen LogP contribution in [0.15, 0.2) is 6.07 Å². The number of halogens is 6. The van der Waals surface area contributed by atoms with Gasteiger partial charge in [-0.2, -0.15) is 17.6 Å². The fourth-order valence-corrected chi connectivity index (χ4v) is 1.10. The van der Waals surface area contributed by atoms with Gasteiger partial charge in [0.15, 0.2) is 5.69 Å². The van der Waals surface area contributed by atoms with Crippen LogP contribution in [-0.2, 0) is 12.7 Å².